The molecule has 0 unspecified atom stereocenters. The zero-order chi connectivity index (χ0) is 18.6. The lowest BCUT2D eigenvalue weighted by Crippen LogP contribution is -2.34. The minimum Gasteiger partial charge on any atom is -0.370 e. The first-order valence-corrected chi connectivity index (χ1v) is 9.67. The molecule has 0 aliphatic carbocycles. The molecule has 0 bridgehead atoms. The Kier molecular flexibility index (Phi) is 6.86. The fourth-order valence-electron chi connectivity index (χ4n) is 3.23. The van der Waals surface area contributed by atoms with Crippen molar-refractivity contribution in [3.05, 3.63) is 38.8 Å². The van der Waals surface area contributed by atoms with Crippen LogP contribution in [0.15, 0.2) is 16.9 Å². The average molecular weight is 425 g/mol. The van der Waals surface area contributed by atoms with Crippen molar-refractivity contribution in [2.75, 3.05) is 18.0 Å². The first-order chi connectivity index (χ1) is 12.0. The number of anilines is 1. The number of aromatic nitrogens is 3. The van der Waals surface area contributed by atoms with Crippen LogP contribution in [0.4, 0.5) is 5.69 Å². The van der Waals surface area contributed by atoms with Gasteiger partial charge in [-0.25, -0.2) is 0 Å². The van der Waals surface area contributed by atoms with E-state index in [1.54, 1.807) is 12.4 Å². The first-order valence-electron chi connectivity index (χ1n) is 8.50. The van der Waals surface area contributed by atoms with Gasteiger partial charge < -0.3 is 9.47 Å². The summed E-state index contributed by atoms with van der Waals surface area (Å²) < 4.78 is 2.74. The molecule has 1 fully saturated rings. The molecule has 25 heavy (non-hydrogen) atoms. The molecular formula is C18H23BrClN5. The summed E-state index contributed by atoms with van der Waals surface area (Å²) in [6.45, 7) is 7.72. The van der Waals surface area contributed by atoms with Crippen molar-refractivity contribution in [3.63, 3.8) is 0 Å². The van der Waals surface area contributed by atoms with Crippen LogP contribution >= 0.6 is 27.5 Å². The summed E-state index contributed by atoms with van der Waals surface area (Å²) >= 11 is 9.77. The molecule has 1 aliphatic rings. The van der Waals surface area contributed by atoms with Gasteiger partial charge in [-0.15, -0.1) is 10.2 Å². The van der Waals surface area contributed by atoms with Crippen LogP contribution in [-0.2, 0) is 7.05 Å². The van der Waals surface area contributed by atoms with Crippen LogP contribution in [-0.4, -0.2) is 27.9 Å². The highest BCUT2D eigenvalue weighted by Gasteiger charge is 2.27. The van der Waals surface area contributed by atoms with Crippen molar-refractivity contribution in [2.24, 2.45) is 7.05 Å². The molecule has 0 radical (unpaired) electrons. The van der Waals surface area contributed by atoms with Crippen molar-refractivity contribution < 1.29 is 0 Å². The van der Waals surface area contributed by atoms with Gasteiger partial charge in [0, 0.05) is 35.6 Å². The third kappa shape index (κ3) is 3.99. The molecule has 134 valence electrons. The summed E-state index contributed by atoms with van der Waals surface area (Å²) in [5.41, 5.74) is 2.57. The molecule has 0 saturated carbocycles. The predicted octanol–water partition coefficient (Wildman–Crippen LogP) is 4.82. The maximum Gasteiger partial charge on any atom is 0.135 e. The Morgan fingerprint density at radius 2 is 1.96 bits per heavy atom. The van der Waals surface area contributed by atoms with Gasteiger partial charge in [0.25, 0.3) is 0 Å². The van der Waals surface area contributed by atoms with Crippen molar-refractivity contribution in [1.29, 1.82) is 5.26 Å². The number of nitriles is 1. The van der Waals surface area contributed by atoms with Crippen LogP contribution < -0.4 is 4.90 Å². The topological polar surface area (TPSA) is 57.7 Å². The molecule has 0 N–H and O–H groups in total. The summed E-state index contributed by atoms with van der Waals surface area (Å²) in [5.74, 6) is 1.45. The summed E-state index contributed by atoms with van der Waals surface area (Å²) in [5, 5.41) is 18.4. The van der Waals surface area contributed by atoms with Gasteiger partial charge in [-0.3, -0.25) is 0 Å². The standard InChI is InChI=1S/C16H17BrClN5.C2H6/c1-10-14(18)7-13(17)12(8-19)15(10)23-5-3-11(4-6-23)16-21-20-9-22(16)2;1-2/h7,9,11H,3-6H2,1-2H3;1-2H3. The van der Waals surface area contributed by atoms with E-state index in [-0.39, 0.29) is 0 Å². The molecule has 2 heterocycles. The minimum absolute atomic E-state index is 0.409. The molecule has 0 atom stereocenters. The smallest absolute Gasteiger partial charge is 0.135 e. The third-order valence-electron chi connectivity index (χ3n) is 4.48. The van der Waals surface area contributed by atoms with Gasteiger partial charge in [-0.2, -0.15) is 5.26 Å². The Morgan fingerprint density at radius 3 is 2.48 bits per heavy atom. The van der Waals surface area contributed by atoms with Crippen LogP contribution in [0.5, 0.6) is 0 Å². The van der Waals surface area contributed by atoms with E-state index in [1.807, 2.05) is 32.4 Å². The highest BCUT2D eigenvalue weighted by Crippen LogP contribution is 2.38. The van der Waals surface area contributed by atoms with E-state index in [9.17, 15) is 5.26 Å². The van der Waals surface area contributed by atoms with Gasteiger partial charge >= 0.3 is 0 Å². The van der Waals surface area contributed by atoms with Gasteiger partial charge in [0.15, 0.2) is 0 Å². The lowest BCUT2D eigenvalue weighted by atomic mass is 9.94. The minimum atomic E-state index is 0.409. The fraction of sp³-hybridized carbons (Fsp3) is 0.500. The Labute approximate surface area is 162 Å². The van der Waals surface area contributed by atoms with Gasteiger partial charge in [0.2, 0.25) is 0 Å². The lowest BCUT2D eigenvalue weighted by Gasteiger charge is -2.35. The number of halogens is 2. The van der Waals surface area contributed by atoms with E-state index in [1.165, 1.54) is 0 Å². The maximum absolute atomic E-state index is 9.51. The van der Waals surface area contributed by atoms with E-state index in [2.05, 4.69) is 37.1 Å². The number of hydrogen-bond acceptors (Lipinski definition) is 4. The number of benzene rings is 1. The van der Waals surface area contributed by atoms with Crippen LogP contribution in [0.3, 0.4) is 0 Å². The summed E-state index contributed by atoms with van der Waals surface area (Å²) in [6.07, 6.45) is 3.72. The van der Waals surface area contributed by atoms with Crippen molar-refractivity contribution >= 4 is 33.2 Å². The number of rotatable bonds is 2. The Morgan fingerprint density at radius 1 is 1.32 bits per heavy atom. The second-order valence-electron chi connectivity index (χ2n) is 5.86. The number of piperidine rings is 1. The lowest BCUT2D eigenvalue weighted by molar-refractivity contribution is 0.473. The zero-order valence-corrected chi connectivity index (χ0v) is 17.4. The molecule has 0 amide bonds. The first kappa shape index (κ1) is 19.7. The molecule has 0 spiro atoms. The van der Waals surface area contributed by atoms with E-state index < -0.39 is 0 Å². The number of aryl methyl sites for hydroxylation is 1. The average Bonchev–Trinajstić information content (AvgIpc) is 3.06. The predicted molar refractivity (Wildman–Crippen MR) is 105 cm³/mol. The summed E-state index contributed by atoms with van der Waals surface area (Å²) in [4.78, 5) is 2.26. The second-order valence-corrected chi connectivity index (χ2v) is 7.12. The highest BCUT2D eigenvalue weighted by atomic mass is 79.9. The van der Waals surface area contributed by atoms with E-state index in [0.717, 1.165) is 47.5 Å². The van der Waals surface area contributed by atoms with Gasteiger partial charge in [-0.05, 0) is 47.3 Å². The van der Waals surface area contributed by atoms with Crippen molar-refractivity contribution in [1.82, 2.24) is 14.8 Å². The second kappa shape index (κ2) is 8.68. The Bertz CT molecular complexity index is 773. The van der Waals surface area contributed by atoms with Crippen molar-refractivity contribution in [2.45, 2.75) is 39.5 Å². The molecule has 5 nitrogen and oxygen atoms in total. The van der Waals surface area contributed by atoms with Crippen molar-refractivity contribution in [3.8, 4) is 6.07 Å². The maximum atomic E-state index is 9.51. The molecule has 1 aromatic heterocycles. The summed E-state index contributed by atoms with van der Waals surface area (Å²) in [7, 11) is 1.98. The number of nitrogens with zero attached hydrogens (tertiary/aromatic N) is 5. The SMILES string of the molecule is CC.Cc1c(Cl)cc(Br)c(C#N)c1N1CCC(c2nncn2C)CC1. The van der Waals surface area contributed by atoms with Gasteiger partial charge in [-0.1, -0.05) is 25.4 Å². The molecule has 1 saturated heterocycles. The highest BCUT2D eigenvalue weighted by molar-refractivity contribution is 9.10. The van der Waals surface area contributed by atoms with E-state index in [4.69, 9.17) is 11.6 Å². The van der Waals surface area contributed by atoms with Crippen LogP contribution in [0.2, 0.25) is 5.02 Å². The Balaban J connectivity index is 0.00000109. The molecular weight excluding hydrogens is 402 g/mol. The molecule has 1 aromatic carbocycles. The van der Waals surface area contributed by atoms with Crippen LogP contribution in [0, 0.1) is 18.3 Å². The fourth-order valence-corrected chi connectivity index (χ4v) is 4.07. The largest absolute Gasteiger partial charge is 0.370 e. The number of hydrogen-bond donors (Lipinski definition) is 0. The molecule has 1 aliphatic heterocycles. The van der Waals surface area contributed by atoms with Gasteiger partial charge in [0.05, 0.1) is 11.3 Å². The normalized spacial score (nSPS) is 14.7. The van der Waals surface area contributed by atoms with Crippen LogP contribution in [0.25, 0.3) is 0 Å². The molecule has 2 aromatic rings. The van der Waals surface area contributed by atoms with E-state index in [0.29, 0.717) is 16.5 Å². The third-order valence-corrected chi connectivity index (χ3v) is 5.50. The molecule has 7 heteroatoms. The quantitative estimate of drug-likeness (QED) is 0.693. The molecule has 3 rings (SSSR count). The Hall–Kier alpha value is -1.58. The van der Waals surface area contributed by atoms with Gasteiger partial charge in [0.1, 0.15) is 18.2 Å². The zero-order valence-electron chi connectivity index (χ0n) is 15.1. The monoisotopic (exact) mass is 423 g/mol. The van der Waals surface area contributed by atoms with E-state index >= 15 is 0 Å². The summed E-state index contributed by atoms with van der Waals surface area (Å²) in [6, 6.07) is 4.10. The van der Waals surface area contributed by atoms with Crippen LogP contribution in [0.1, 0.15) is 49.6 Å².